The van der Waals surface area contributed by atoms with E-state index in [2.05, 4.69) is 10.0 Å². The van der Waals surface area contributed by atoms with E-state index in [4.69, 9.17) is 9.47 Å². The first-order valence-electron chi connectivity index (χ1n) is 10.2. The van der Waals surface area contributed by atoms with E-state index in [-0.39, 0.29) is 24.1 Å². The van der Waals surface area contributed by atoms with E-state index in [1.54, 1.807) is 29.2 Å². The maximum absolute atomic E-state index is 12.8. The number of likely N-dealkylation sites (tertiary alicyclic amines) is 1. The normalized spacial score (nSPS) is 19.6. The summed E-state index contributed by atoms with van der Waals surface area (Å²) in [7, 11) is -3.82. The van der Waals surface area contributed by atoms with Crippen molar-refractivity contribution in [2.75, 3.05) is 25.2 Å². The predicted octanol–water partition coefficient (Wildman–Crippen LogP) is 1.93. The highest BCUT2D eigenvalue weighted by Crippen LogP contribution is 2.38. The number of amides is 2. The average molecular weight is 476 g/mol. The van der Waals surface area contributed by atoms with Crippen LogP contribution in [0.1, 0.15) is 18.4 Å². The standard InChI is InChI=1S/C21H21N3O6S2/c25-20-19(21(26)24-7-1-2-8-24)31-18-6-4-14(10-15(18)23-20)32(27,28)22-11-13-3-5-16-17(9-13)30-12-29-16/h3-6,9-10,19,22H,1-2,7-8,11-12H2,(H,23,25)/t19-/m1/s1. The number of benzene rings is 2. The fraction of sp³-hybridized carbons (Fsp3) is 0.333. The molecular weight excluding hydrogens is 454 g/mol. The Morgan fingerprint density at radius 1 is 1.12 bits per heavy atom. The van der Waals surface area contributed by atoms with Crippen LogP contribution in [0, 0.1) is 0 Å². The third-order valence-electron chi connectivity index (χ3n) is 5.55. The number of nitrogens with one attached hydrogen (secondary N) is 2. The van der Waals surface area contributed by atoms with Gasteiger partial charge in [-0.15, -0.1) is 11.8 Å². The summed E-state index contributed by atoms with van der Waals surface area (Å²) in [5.74, 6) is 0.578. The minimum absolute atomic E-state index is 0.0298. The molecule has 0 aromatic heterocycles. The summed E-state index contributed by atoms with van der Waals surface area (Å²) in [5.41, 5.74) is 1.11. The average Bonchev–Trinajstić information content (AvgIpc) is 3.48. The zero-order chi connectivity index (χ0) is 22.3. The number of sulfonamides is 1. The minimum atomic E-state index is -3.82. The molecule has 32 heavy (non-hydrogen) atoms. The molecule has 2 aromatic carbocycles. The van der Waals surface area contributed by atoms with Crippen molar-refractivity contribution in [1.29, 1.82) is 0 Å². The number of nitrogens with zero attached hydrogens (tertiary/aromatic N) is 1. The molecule has 3 aliphatic rings. The number of fused-ring (bicyclic) bond motifs is 2. The number of carbonyl (C=O) groups is 2. The van der Waals surface area contributed by atoms with E-state index in [0.29, 0.717) is 35.2 Å². The van der Waals surface area contributed by atoms with Crippen molar-refractivity contribution in [1.82, 2.24) is 9.62 Å². The van der Waals surface area contributed by atoms with Gasteiger partial charge < -0.3 is 19.7 Å². The molecule has 9 nitrogen and oxygen atoms in total. The second-order valence-corrected chi connectivity index (χ2v) is 10.6. The molecule has 1 atom stereocenters. The van der Waals surface area contributed by atoms with Crippen molar-refractivity contribution in [3.8, 4) is 11.5 Å². The second kappa shape index (κ2) is 8.30. The fourth-order valence-electron chi connectivity index (χ4n) is 3.83. The maximum Gasteiger partial charge on any atom is 0.247 e. The second-order valence-electron chi connectivity index (χ2n) is 7.69. The summed E-state index contributed by atoms with van der Waals surface area (Å²) in [4.78, 5) is 27.6. The van der Waals surface area contributed by atoms with Crippen LogP contribution in [-0.2, 0) is 26.2 Å². The number of thioether (sulfide) groups is 1. The van der Waals surface area contributed by atoms with Crippen LogP contribution in [0.15, 0.2) is 46.2 Å². The van der Waals surface area contributed by atoms with Crippen molar-refractivity contribution in [2.24, 2.45) is 0 Å². The van der Waals surface area contributed by atoms with Crippen molar-refractivity contribution < 1.29 is 27.5 Å². The zero-order valence-corrected chi connectivity index (χ0v) is 18.6. The lowest BCUT2D eigenvalue weighted by Crippen LogP contribution is -2.43. The van der Waals surface area contributed by atoms with Crippen molar-refractivity contribution in [3.05, 3.63) is 42.0 Å². The molecule has 0 bridgehead atoms. The summed E-state index contributed by atoms with van der Waals surface area (Å²) >= 11 is 1.16. The van der Waals surface area contributed by atoms with Gasteiger partial charge in [0.1, 0.15) is 0 Å². The van der Waals surface area contributed by atoms with E-state index in [1.807, 2.05) is 0 Å². The Morgan fingerprint density at radius 3 is 2.72 bits per heavy atom. The number of hydrogen-bond acceptors (Lipinski definition) is 7. The number of anilines is 1. The summed E-state index contributed by atoms with van der Waals surface area (Å²) in [6.45, 7) is 1.56. The quantitative estimate of drug-likeness (QED) is 0.635. The summed E-state index contributed by atoms with van der Waals surface area (Å²) in [6, 6.07) is 9.74. The fourth-order valence-corrected chi connectivity index (χ4v) is 5.93. The number of ether oxygens (including phenoxy) is 2. The third kappa shape index (κ3) is 4.03. The van der Waals surface area contributed by atoms with Gasteiger partial charge in [-0.05, 0) is 48.7 Å². The first kappa shape index (κ1) is 21.1. The van der Waals surface area contributed by atoms with Gasteiger partial charge in [0.25, 0.3) is 0 Å². The Balaban J connectivity index is 1.29. The van der Waals surface area contributed by atoms with Gasteiger partial charge in [0, 0.05) is 24.5 Å². The molecular formula is C21H21N3O6S2. The molecule has 2 amide bonds. The lowest BCUT2D eigenvalue weighted by atomic mass is 10.2. The first-order chi connectivity index (χ1) is 15.4. The van der Waals surface area contributed by atoms with Crippen LogP contribution in [-0.4, -0.2) is 50.3 Å². The Bertz CT molecular complexity index is 1190. The van der Waals surface area contributed by atoms with Gasteiger partial charge in [-0.25, -0.2) is 13.1 Å². The molecule has 0 spiro atoms. The SMILES string of the molecule is O=C1Nc2cc(S(=O)(=O)NCc3ccc4c(c3)OCO4)ccc2S[C@H]1C(=O)N1CCCC1. The van der Waals surface area contributed by atoms with Crippen molar-refractivity contribution in [3.63, 3.8) is 0 Å². The Morgan fingerprint density at radius 2 is 1.91 bits per heavy atom. The van der Waals surface area contributed by atoms with Gasteiger partial charge in [-0.3, -0.25) is 9.59 Å². The van der Waals surface area contributed by atoms with E-state index in [1.165, 1.54) is 12.1 Å². The molecule has 0 saturated carbocycles. The van der Waals surface area contributed by atoms with Crippen LogP contribution < -0.4 is 19.5 Å². The number of carbonyl (C=O) groups excluding carboxylic acids is 2. The topological polar surface area (TPSA) is 114 Å². The van der Waals surface area contributed by atoms with Gasteiger partial charge in [0.15, 0.2) is 16.7 Å². The molecule has 0 radical (unpaired) electrons. The van der Waals surface area contributed by atoms with E-state index >= 15 is 0 Å². The van der Waals surface area contributed by atoms with Crippen LogP contribution in [0.2, 0.25) is 0 Å². The molecule has 1 fully saturated rings. The molecule has 3 heterocycles. The van der Waals surface area contributed by atoms with Crippen LogP contribution in [0.3, 0.4) is 0 Å². The largest absolute Gasteiger partial charge is 0.454 e. The molecule has 3 aliphatic heterocycles. The van der Waals surface area contributed by atoms with E-state index in [9.17, 15) is 18.0 Å². The van der Waals surface area contributed by atoms with Crippen LogP contribution in [0.4, 0.5) is 5.69 Å². The zero-order valence-electron chi connectivity index (χ0n) is 17.0. The Labute approximate surface area is 189 Å². The highest BCUT2D eigenvalue weighted by molar-refractivity contribution is 8.01. The lowest BCUT2D eigenvalue weighted by molar-refractivity contribution is -0.133. The smallest absolute Gasteiger partial charge is 0.247 e. The first-order valence-corrected chi connectivity index (χ1v) is 12.6. The molecule has 1 saturated heterocycles. The Kier molecular flexibility index (Phi) is 5.48. The van der Waals surface area contributed by atoms with E-state index in [0.717, 1.165) is 30.2 Å². The molecule has 11 heteroatoms. The molecule has 0 unspecified atom stereocenters. The van der Waals surface area contributed by atoms with Crippen molar-refractivity contribution in [2.45, 2.75) is 34.4 Å². The van der Waals surface area contributed by atoms with Crippen LogP contribution in [0.5, 0.6) is 11.5 Å². The number of rotatable bonds is 5. The molecule has 168 valence electrons. The van der Waals surface area contributed by atoms with Crippen LogP contribution >= 0.6 is 11.8 Å². The minimum Gasteiger partial charge on any atom is -0.454 e. The molecule has 5 rings (SSSR count). The number of hydrogen-bond donors (Lipinski definition) is 2. The van der Waals surface area contributed by atoms with Crippen molar-refractivity contribution >= 4 is 39.3 Å². The molecule has 2 N–H and O–H groups in total. The third-order valence-corrected chi connectivity index (χ3v) is 8.21. The van der Waals surface area contributed by atoms with Gasteiger partial charge in [-0.2, -0.15) is 0 Å². The Hall–Kier alpha value is -2.76. The lowest BCUT2D eigenvalue weighted by Gasteiger charge is -2.27. The monoisotopic (exact) mass is 475 g/mol. The maximum atomic E-state index is 12.8. The van der Waals surface area contributed by atoms with Crippen LogP contribution in [0.25, 0.3) is 0 Å². The highest BCUT2D eigenvalue weighted by atomic mass is 32.2. The summed E-state index contributed by atoms with van der Waals surface area (Å²) in [6.07, 6.45) is 1.89. The highest BCUT2D eigenvalue weighted by Gasteiger charge is 2.37. The van der Waals surface area contributed by atoms with Gasteiger partial charge in [0.05, 0.1) is 10.6 Å². The van der Waals surface area contributed by atoms with Gasteiger partial charge in [0.2, 0.25) is 28.6 Å². The predicted molar refractivity (Wildman–Crippen MR) is 117 cm³/mol. The molecule has 2 aromatic rings. The summed E-state index contributed by atoms with van der Waals surface area (Å²) < 4.78 is 38.7. The van der Waals surface area contributed by atoms with Gasteiger partial charge >= 0.3 is 0 Å². The molecule has 0 aliphatic carbocycles. The summed E-state index contributed by atoms with van der Waals surface area (Å²) in [5, 5.41) is 1.84. The van der Waals surface area contributed by atoms with E-state index < -0.39 is 21.2 Å². The van der Waals surface area contributed by atoms with Gasteiger partial charge in [-0.1, -0.05) is 6.07 Å².